The molecular formula is C24H21N3O. The van der Waals surface area contributed by atoms with Crippen LogP contribution in [0.3, 0.4) is 0 Å². The van der Waals surface area contributed by atoms with Crippen molar-refractivity contribution < 1.29 is 4.79 Å². The molecule has 1 N–H and O–H groups in total. The van der Waals surface area contributed by atoms with Crippen LogP contribution in [0.15, 0.2) is 103 Å². The molecule has 4 heteroatoms. The topological polar surface area (TPSA) is 46.9 Å². The van der Waals surface area contributed by atoms with E-state index in [0.29, 0.717) is 0 Å². The quantitative estimate of drug-likeness (QED) is 0.552. The van der Waals surface area contributed by atoms with Crippen LogP contribution >= 0.6 is 0 Å². The fourth-order valence-electron chi connectivity index (χ4n) is 3.22. The number of para-hydroxylation sites is 1. The van der Waals surface area contributed by atoms with Gasteiger partial charge in [0.15, 0.2) is 0 Å². The normalized spacial score (nSPS) is 10.8. The molecule has 0 unspecified atom stereocenters. The predicted octanol–water partition coefficient (Wildman–Crippen LogP) is 4.32. The van der Waals surface area contributed by atoms with Crippen LogP contribution < -0.4 is 5.32 Å². The minimum Gasteiger partial charge on any atom is -0.345 e. The van der Waals surface area contributed by atoms with Crippen LogP contribution in [0.5, 0.6) is 0 Å². The first-order chi connectivity index (χ1) is 13.8. The van der Waals surface area contributed by atoms with Crippen LogP contribution in [0.25, 0.3) is 5.69 Å². The number of nitrogens with one attached hydrogen (secondary N) is 1. The molecule has 1 aromatic heterocycles. The maximum atomic E-state index is 12.8. The summed E-state index contributed by atoms with van der Waals surface area (Å²) in [6.07, 6.45) is 3.92. The Morgan fingerprint density at radius 1 is 0.821 bits per heavy atom. The minimum atomic E-state index is -0.181. The highest BCUT2D eigenvalue weighted by molar-refractivity contribution is 5.79. The third kappa shape index (κ3) is 4.18. The Kier molecular flexibility index (Phi) is 5.29. The van der Waals surface area contributed by atoms with E-state index in [1.165, 1.54) is 0 Å². The predicted molar refractivity (Wildman–Crippen MR) is 110 cm³/mol. The second kappa shape index (κ2) is 8.35. The van der Waals surface area contributed by atoms with E-state index in [4.69, 9.17) is 0 Å². The molecule has 138 valence electrons. The van der Waals surface area contributed by atoms with E-state index in [1.807, 2.05) is 97.2 Å². The molecule has 3 aromatic carbocycles. The summed E-state index contributed by atoms with van der Waals surface area (Å²) in [6, 6.07) is 29.7. The second-order valence-electron chi connectivity index (χ2n) is 6.63. The van der Waals surface area contributed by atoms with Crippen molar-refractivity contribution >= 4 is 5.91 Å². The molecule has 0 aliphatic rings. The van der Waals surface area contributed by atoms with Gasteiger partial charge in [-0.1, -0.05) is 78.9 Å². The Morgan fingerprint density at radius 3 is 1.93 bits per heavy atom. The number of nitrogens with zero attached hydrogens (tertiary/aromatic N) is 2. The van der Waals surface area contributed by atoms with Crippen molar-refractivity contribution in [3.63, 3.8) is 0 Å². The second-order valence-corrected chi connectivity index (χ2v) is 6.63. The molecule has 1 amide bonds. The lowest BCUT2D eigenvalue weighted by molar-refractivity contribution is -0.120. The van der Waals surface area contributed by atoms with Crippen LogP contribution in [0.2, 0.25) is 0 Å². The third-order valence-corrected chi connectivity index (χ3v) is 4.59. The van der Waals surface area contributed by atoms with Crippen molar-refractivity contribution in [3.05, 3.63) is 120 Å². The average molecular weight is 367 g/mol. The molecule has 0 radical (unpaired) electrons. The zero-order chi connectivity index (χ0) is 19.2. The number of hydrogen-bond donors (Lipinski definition) is 1. The Hall–Kier alpha value is -3.66. The van der Waals surface area contributed by atoms with E-state index in [2.05, 4.69) is 10.4 Å². The lowest BCUT2D eigenvalue weighted by Crippen LogP contribution is -2.30. The maximum Gasteiger partial charge on any atom is 0.225 e. The molecule has 0 spiro atoms. The summed E-state index contributed by atoms with van der Waals surface area (Å²) in [5.41, 5.74) is 3.96. The summed E-state index contributed by atoms with van der Waals surface area (Å²) in [5.74, 6) is -0.0367. The Bertz CT molecular complexity index is 988. The standard InChI is InChI=1S/C24H21N3O/c28-23(16-19-17-25-27(18-19)22-14-8-3-9-15-22)26-24(20-10-4-1-5-11-20)21-12-6-2-7-13-21/h1-15,17-18,24H,16H2,(H,26,28). The fourth-order valence-corrected chi connectivity index (χ4v) is 3.22. The molecule has 4 nitrogen and oxygen atoms in total. The molecule has 0 fully saturated rings. The number of hydrogen-bond acceptors (Lipinski definition) is 2. The highest BCUT2D eigenvalue weighted by Gasteiger charge is 2.17. The molecule has 0 atom stereocenters. The number of aromatic nitrogens is 2. The lowest BCUT2D eigenvalue weighted by atomic mass is 9.98. The summed E-state index contributed by atoms with van der Waals surface area (Å²) in [7, 11) is 0. The maximum absolute atomic E-state index is 12.8. The van der Waals surface area contributed by atoms with Gasteiger partial charge < -0.3 is 5.32 Å². The van der Waals surface area contributed by atoms with Gasteiger partial charge in [-0.25, -0.2) is 4.68 Å². The first-order valence-electron chi connectivity index (χ1n) is 9.28. The van der Waals surface area contributed by atoms with Crippen molar-refractivity contribution in [2.24, 2.45) is 0 Å². The van der Waals surface area contributed by atoms with E-state index in [1.54, 1.807) is 10.9 Å². The molecular weight excluding hydrogens is 346 g/mol. The van der Waals surface area contributed by atoms with E-state index in [-0.39, 0.29) is 18.4 Å². The largest absolute Gasteiger partial charge is 0.345 e. The lowest BCUT2D eigenvalue weighted by Gasteiger charge is -2.19. The van der Waals surface area contributed by atoms with Gasteiger partial charge in [-0.05, 0) is 28.8 Å². The zero-order valence-electron chi connectivity index (χ0n) is 15.4. The van der Waals surface area contributed by atoms with Gasteiger partial charge in [0.25, 0.3) is 0 Å². The molecule has 4 aromatic rings. The zero-order valence-corrected chi connectivity index (χ0v) is 15.4. The van der Waals surface area contributed by atoms with Gasteiger partial charge in [0.1, 0.15) is 0 Å². The Balaban J connectivity index is 1.50. The molecule has 28 heavy (non-hydrogen) atoms. The van der Waals surface area contributed by atoms with Gasteiger partial charge in [-0.3, -0.25) is 4.79 Å². The van der Waals surface area contributed by atoms with Crippen molar-refractivity contribution in [1.29, 1.82) is 0 Å². The van der Waals surface area contributed by atoms with Crippen molar-refractivity contribution in [3.8, 4) is 5.69 Å². The van der Waals surface area contributed by atoms with E-state index in [9.17, 15) is 4.79 Å². The molecule has 0 aliphatic carbocycles. The monoisotopic (exact) mass is 367 g/mol. The van der Waals surface area contributed by atoms with Crippen LogP contribution in [0, 0.1) is 0 Å². The molecule has 0 aliphatic heterocycles. The summed E-state index contributed by atoms with van der Waals surface area (Å²) in [4.78, 5) is 12.8. The first kappa shape index (κ1) is 17.7. The highest BCUT2D eigenvalue weighted by Crippen LogP contribution is 2.22. The van der Waals surface area contributed by atoms with Gasteiger partial charge in [0.2, 0.25) is 5.91 Å². The smallest absolute Gasteiger partial charge is 0.225 e. The van der Waals surface area contributed by atoms with Crippen molar-refractivity contribution in [2.75, 3.05) is 0 Å². The van der Waals surface area contributed by atoms with Gasteiger partial charge in [0.05, 0.1) is 24.3 Å². The summed E-state index contributed by atoms with van der Waals surface area (Å²) >= 11 is 0. The third-order valence-electron chi connectivity index (χ3n) is 4.59. The molecule has 0 saturated carbocycles. The molecule has 1 heterocycles. The average Bonchev–Trinajstić information content (AvgIpc) is 3.22. The molecule has 0 saturated heterocycles. The van der Waals surface area contributed by atoms with E-state index < -0.39 is 0 Å². The van der Waals surface area contributed by atoms with Crippen LogP contribution in [-0.4, -0.2) is 15.7 Å². The SMILES string of the molecule is O=C(Cc1cnn(-c2ccccc2)c1)NC(c1ccccc1)c1ccccc1. The van der Waals surface area contributed by atoms with Crippen molar-refractivity contribution in [2.45, 2.75) is 12.5 Å². The van der Waals surface area contributed by atoms with Crippen molar-refractivity contribution in [1.82, 2.24) is 15.1 Å². The van der Waals surface area contributed by atoms with Gasteiger partial charge >= 0.3 is 0 Å². The highest BCUT2D eigenvalue weighted by atomic mass is 16.1. The molecule has 0 bridgehead atoms. The number of amides is 1. The number of rotatable bonds is 6. The Labute approximate surface area is 164 Å². The number of benzene rings is 3. The summed E-state index contributed by atoms with van der Waals surface area (Å²) in [5, 5.41) is 7.54. The van der Waals surface area contributed by atoms with Gasteiger partial charge in [-0.15, -0.1) is 0 Å². The molecule has 4 rings (SSSR count). The number of carbonyl (C=O) groups is 1. The van der Waals surface area contributed by atoms with E-state index >= 15 is 0 Å². The van der Waals surface area contributed by atoms with Gasteiger partial charge in [0, 0.05) is 6.20 Å². The summed E-state index contributed by atoms with van der Waals surface area (Å²) in [6.45, 7) is 0. The number of carbonyl (C=O) groups excluding carboxylic acids is 1. The minimum absolute atomic E-state index is 0.0367. The van der Waals surface area contributed by atoms with Crippen LogP contribution in [0.1, 0.15) is 22.7 Å². The fraction of sp³-hybridized carbons (Fsp3) is 0.0833. The van der Waals surface area contributed by atoms with Crippen LogP contribution in [0.4, 0.5) is 0 Å². The summed E-state index contributed by atoms with van der Waals surface area (Å²) < 4.78 is 1.79. The Morgan fingerprint density at radius 2 is 1.36 bits per heavy atom. The van der Waals surface area contributed by atoms with Crippen LogP contribution in [-0.2, 0) is 11.2 Å². The first-order valence-corrected chi connectivity index (χ1v) is 9.28. The van der Waals surface area contributed by atoms with Gasteiger partial charge in [-0.2, -0.15) is 5.10 Å². The van der Waals surface area contributed by atoms with E-state index in [0.717, 1.165) is 22.4 Å².